The average molecular weight is 398 g/mol. The number of aldehydes is 1. The molecule has 0 radical (unpaired) electrons. The van der Waals surface area contributed by atoms with Gasteiger partial charge < -0.3 is 10.8 Å². The van der Waals surface area contributed by atoms with Crippen molar-refractivity contribution in [2.24, 2.45) is 11.7 Å². The molecular formula is C25H35NO3. The van der Waals surface area contributed by atoms with Gasteiger partial charge in [0.15, 0.2) is 0 Å². The van der Waals surface area contributed by atoms with Gasteiger partial charge in [-0.05, 0) is 37.5 Å². The van der Waals surface area contributed by atoms with E-state index in [1.165, 1.54) is 0 Å². The zero-order valence-corrected chi connectivity index (χ0v) is 18.5. The molecule has 2 rings (SSSR count). The molecule has 0 aliphatic heterocycles. The summed E-state index contributed by atoms with van der Waals surface area (Å²) in [5.74, 6) is -0.493. The fourth-order valence-electron chi connectivity index (χ4n) is 1.94. The molecule has 3 N–H and O–H groups in total. The van der Waals surface area contributed by atoms with Crippen LogP contribution in [0.15, 0.2) is 67.3 Å². The van der Waals surface area contributed by atoms with Crippen LogP contribution in [-0.2, 0) is 4.79 Å². The molecule has 1 unspecified atom stereocenters. The summed E-state index contributed by atoms with van der Waals surface area (Å²) in [5.41, 5.74) is 10.9. The van der Waals surface area contributed by atoms with Gasteiger partial charge >= 0.3 is 0 Å². The van der Waals surface area contributed by atoms with Crippen molar-refractivity contribution in [3.63, 3.8) is 0 Å². The van der Waals surface area contributed by atoms with Crippen molar-refractivity contribution in [1.82, 2.24) is 0 Å². The molecule has 2 aromatic carbocycles. The second-order valence-electron chi connectivity index (χ2n) is 6.07. The lowest BCUT2D eigenvalue weighted by Gasteiger charge is -2.04. The minimum atomic E-state index is -0.308. The van der Waals surface area contributed by atoms with E-state index in [9.17, 15) is 9.59 Å². The summed E-state index contributed by atoms with van der Waals surface area (Å²) in [6.45, 7) is 17.0. The van der Waals surface area contributed by atoms with E-state index in [1.807, 2.05) is 45.0 Å². The van der Waals surface area contributed by atoms with E-state index in [-0.39, 0.29) is 11.8 Å². The number of hydrogen-bond donors (Lipinski definition) is 2. The molecule has 0 heterocycles. The quantitative estimate of drug-likeness (QED) is 0.515. The van der Waals surface area contributed by atoms with Gasteiger partial charge in [0, 0.05) is 12.7 Å². The number of nitrogens with two attached hydrogens (primary N) is 1. The third-order valence-corrected chi connectivity index (χ3v) is 3.92. The van der Waals surface area contributed by atoms with E-state index in [2.05, 4.69) is 37.4 Å². The molecule has 0 bridgehead atoms. The van der Waals surface area contributed by atoms with Gasteiger partial charge in [-0.2, -0.15) is 0 Å². The summed E-state index contributed by atoms with van der Waals surface area (Å²) in [6, 6.07) is 15.8. The molecule has 4 nitrogen and oxygen atoms in total. The molecule has 0 saturated carbocycles. The van der Waals surface area contributed by atoms with Crippen molar-refractivity contribution in [2.75, 3.05) is 7.11 Å². The number of rotatable bonds is 5. The maximum Gasteiger partial charge on any atom is 0.224 e. The molecule has 1 atom stereocenters. The molecule has 158 valence electrons. The molecule has 0 aliphatic rings. The Balaban J connectivity index is 0. The molecular weight excluding hydrogens is 362 g/mol. The molecule has 0 saturated heterocycles. The summed E-state index contributed by atoms with van der Waals surface area (Å²) in [4.78, 5) is 20.9. The smallest absolute Gasteiger partial charge is 0.224 e. The predicted molar refractivity (Wildman–Crippen MR) is 125 cm³/mol. The number of hydrogen-bond acceptors (Lipinski definition) is 3. The van der Waals surface area contributed by atoms with E-state index in [4.69, 9.17) is 10.8 Å². The van der Waals surface area contributed by atoms with Crippen LogP contribution in [0.25, 0.3) is 16.7 Å². The number of aliphatic hydroxyl groups is 1. The lowest BCUT2D eigenvalue weighted by molar-refractivity contribution is -0.120. The highest BCUT2D eigenvalue weighted by Gasteiger charge is 2.06. The predicted octanol–water partition coefficient (Wildman–Crippen LogP) is 5.52. The SMILES string of the molecule is C=C(C)C(C)C(N)=O.C=C(C)c1ccc(-c2ccc(C=O)cc2)cc1.CC.CO. The molecule has 0 aromatic heterocycles. The van der Waals surface area contributed by atoms with Crippen LogP contribution in [0.4, 0.5) is 0 Å². The van der Waals surface area contributed by atoms with Gasteiger partial charge in [0.05, 0.1) is 5.92 Å². The van der Waals surface area contributed by atoms with Gasteiger partial charge in [0.1, 0.15) is 6.29 Å². The van der Waals surface area contributed by atoms with E-state index in [0.29, 0.717) is 5.56 Å². The van der Waals surface area contributed by atoms with Gasteiger partial charge in [-0.15, -0.1) is 0 Å². The summed E-state index contributed by atoms with van der Waals surface area (Å²) in [5, 5.41) is 7.00. The average Bonchev–Trinajstić information content (AvgIpc) is 2.76. The number of allylic oxidation sites excluding steroid dienone is 1. The first-order valence-corrected chi connectivity index (χ1v) is 9.47. The summed E-state index contributed by atoms with van der Waals surface area (Å²) in [6.07, 6.45) is 0.855. The van der Waals surface area contributed by atoms with Crippen molar-refractivity contribution in [3.8, 4) is 11.1 Å². The van der Waals surface area contributed by atoms with Crippen molar-refractivity contribution in [2.45, 2.75) is 34.6 Å². The fraction of sp³-hybridized carbons (Fsp3) is 0.280. The van der Waals surface area contributed by atoms with Gasteiger partial charge in [0.2, 0.25) is 5.91 Å². The molecule has 2 aromatic rings. The van der Waals surface area contributed by atoms with Crippen LogP contribution < -0.4 is 5.73 Å². The third kappa shape index (κ3) is 10.8. The fourth-order valence-corrected chi connectivity index (χ4v) is 1.94. The van der Waals surface area contributed by atoms with Crippen LogP contribution in [0.5, 0.6) is 0 Å². The zero-order valence-electron chi connectivity index (χ0n) is 18.5. The van der Waals surface area contributed by atoms with E-state index in [1.54, 1.807) is 13.8 Å². The first kappa shape index (κ1) is 28.2. The highest BCUT2D eigenvalue weighted by Crippen LogP contribution is 2.22. The first-order chi connectivity index (χ1) is 13.8. The Labute approximate surface area is 175 Å². The highest BCUT2D eigenvalue weighted by atomic mass is 16.2. The Morgan fingerprint density at radius 2 is 1.31 bits per heavy atom. The Hall–Kier alpha value is -2.98. The number of aliphatic hydroxyl groups excluding tert-OH is 1. The molecule has 0 spiro atoms. The van der Waals surface area contributed by atoms with Crippen LogP contribution in [0.3, 0.4) is 0 Å². The summed E-state index contributed by atoms with van der Waals surface area (Å²) in [7, 11) is 1.00. The maximum absolute atomic E-state index is 10.6. The number of carbonyl (C=O) groups is 2. The molecule has 1 amide bonds. The molecule has 4 heteroatoms. The maximum atomic E-state index is 10.6. The van der Waals surface area contributed by atoms with Crippen LogP contribution in [0.1, 0.15) is 50.5 Å². The van der Waals surface area contributed by atoms with Crippen LogP contribution in [0.2, 0.25) is 0 Å². The minimum absolute atomic E-state index is 0.185. The van der Waals surface area contributed by atoms with Gasteiger partial charge in [-0.3, -0.25) is 9.59 Å². The second-order valence-corrected chi connectivity index (χ2v) is 6.07. The number of carbonyl (C=O) groups excluding carboxylic acids is 2. The third-order valence-electron chi connectivity index (χ3n) is 3.92. The minimum Gasteiger partial charge on any atom is -0.400 e. The molecule has 0 fully saturated rings. The standard InChI is InChI=1S/C16H14O.C6H11NO.C2H6.CH4O/c1-12(2)14-7-9-16(10-8-14)15-5-3-13(11-17)4-6-15;1-4(2)5(3)6(7)8;2*1-2/h3-11H,1H2,2H3;5H,1H2,2-3H3,(H2,7,8);1-2H3;2H,1H3. The first-order valence-electron chi connectivity index (χ1n) is 9.47. The van der Waals surface area contributed by atoms with Crippen molar-refractivity contribution in [3.05, 3.63) is 78.4 Å². The van der Waals surface area contributed by atoms with Crippen LogP contribution in [0, 0.1) is 5.92 Å². The topological polar surface area (TPSA) is 80.4 Å². The lowest BCUT2D eigenvalue weighted by Crippen LogP contribution is -2.20. The largest absolute Gasteiger partial charge is 0.400 e. The van der Waals surface area contributed by atoms with Gasteiger partial charge in [-0.25, -0.2) is 0 Å². The monoisotopic (exact) mass is 397 g/mol. The lowest BCUT2D eigenvalue weighted by atomic mass is 10.0. The van der Waals surface area contributed by atoms with Crippen LogP contribution in [-0.4, -0.2) is 24.4 Å². The highest BCUT2D eigenvalue weighted by molar-refractivity contribution is 5.79. The normalized spacial score (nSPS) is 9.76. The van der Waals surface area contributed by atoms with Crippen molar-refractivity contribution < 1.29 is 14.7 Å². The van der Waals surface area contributed by atoms with Crippen LogP contribution >= 0.6 is 0 Å². The van der Waals surface area contributed by atoms with Gasteiger partial charge in [-0.1, -0.05) is 86.7 Å². The van der Waals surface area contributed by atoms with Crippen molar-refractivity contribution >= 4 is 17.8 Å². The van der Waals surface area contributed by atoms with E-state index >= 15 is 0 Å². The number of amides is 1. The van der Waals surface area contributed by atoms with Gasteiger partial charge in [0.25, 0.3) is 0 Å². The Morgan fingerprint density at radius 1 is 0.931 bits per heavy atom. The number of benzene rings is 2. The van der Waals surface area contributed by atoms with Crippen molar-refractivity contribution in [1.29, 1.82) is 0 Å². The Morgan fingerprint density at radius 3 is 1.55 bits per heavy atom. The summed E-state index contributed by atoms with van der Waals surface area (Å²) >= 11 is 0. The number of primary amides is 1. The zero-order chi connectivity index (χ0) is 23.0. The second kappa shape index (κ2) is 16.0. The Bertz CT molecular complexity index is 746. The molecule has 29 heavy (non-hydrogen) atoms. The Kier molecular flexibility index (Phi) is 15.6. The molecule has 0 aliphatic carbocycles. The van der Waals surface area contributed by atoms with E-state index < -0.39 is 0 Å². The van der Waals surface area contributed by atoms with E-state index in [0.717, 1.165) is 41.2 Å². The summed E-state index contributed by atoms with van der Waals surface area (Å²) < 4.78 is 0.